The molecule has 0 spiro atoms. The average Bonchev–Trinajstić information content (AvgIpc) is 2.41. The molecule has 6 heteroatoms. The second-order valence-electron chi connectivity index (χ2n) is 4.11. The molecule has 0 aliphatic heterocycles. The van der Waals surface area contributed by atoms with Crippen LogP contribution in [0.1, 0.15) is 15.9 Å². The molecule has 0 saturated carbocycles. The van der Waals surface area contributed by atoms with Gasteiger partial charge in [0.15, 0.2) is 0 Å². The maximum Gasteiger partial charge on any atom is 0.251 e. The van der Waals surface area contributed by atoms with Crippen LogP contribution in [-0.4, -0.2) is 17.4 Å². The van der Waals surface area contributed by atoms with Crippen LogP contribution >= 0.6 is 39.1 Å². The van der Waals surface area contributed by atoms with Gasteiger partial charge in [-0.15, -0.1) is 0 Å². The third-order valence-electron chi connectivity index (χ3n) is 2.68. The molecule has 2 rings (SSSR count). The highest BCUT2D eigenvalue weighted by atomic mass is 79.9. The molecule has 0 bridgehead atoms. The van der Waals surface area contributed by atoms with Crippen molar-refractivity contribution in [3.8, 4) is 0 Å². The van der Waals surface area contributed by atoms with Crippen molar-refractivity contribution in [2.75, 3.05) is 6.54 Å². The summed E-state index contributed by atoms with van der Waals surface area (Å²) in [5.41, 5.74) is 1.52. The second-order valence-corrected chi connectivity index (χ2v) is 5.76. The van der Waals surface area contributed by atoms with Crippen molar-refractivity contribution in [3.05, 3.63) is 62.3 Å². The van der Waals surface area contributed by atoms with Gasteiger partial charge >= 0.3 is 0 Å². The van der Waals surface area contributed by atoms with E-state index in [4.69, 9.17) is 23.2 Å². The van der Waals surface area contributed by atoms with Gasteiger partial charge < -0.3 is 5.32 Å². The largest absolute Gasteiger partial charge is 0.352 e. The molecule has 0 aliphatic rings. The van der Waals surface area contributed by atoms with Crippen molar-refractivity contribution < 1.29 is 4.79 Å². The average molecular weight is 374 g/mol. The molecule has 0 atom stereocenters. The van der Waals surface area contributed by atoms with Gasteiger partial charge in [-0.05, 0) is 52.2 Å². The number of carbonyl (C=O) groups excluding carboxylic acids is 1. The Balaban J connectivity index is 1.91. The second kappa shape index (κ2) is 7.07. The molecule has 1 aromatic carbocycles. The summed E-state index contributed by atoms with van der Waals surface area (Å²) in [4.78, 5) is 15.9. The lowest BCUT2D eigenvalue weighted by Crippen LogP contribution is -2.25. The number of aromatic nitrogens is 1. The van der Waals surface area contributed by atoms with E-state index in [9.17, 15) is 4.79 Å². The number of rotatable bonds is 4. The fraction of sp³-hybridized carbons (Fsp3) is 0.143. The molecule has 0 aliphatic carbocycles. The number of nitrogens with zero attached hydrogens (tertiary/aromatic N) is 1. The highest BCUT2D eigenvalue weighted by Gasteiger charge is 2.06. The molecular weight excluding hydrogens is 363 g/mol. The van der Waals surface area contributed by atoms with Crippen LogP contribution in [0.3, 0.4) is 0 Å². The maximum atomic E-state index is 11.9. The number of pyridine rings is 1. The normalized spacial score (nSPS) is 10.3. The number of hydrogen-bond acceptors (Lipinski definition) is 2. The quantitative estimate of drug-likeness (QED) is 0.819. The van der Waals surface area contributed by atoms with E-state index in [-0.39, 0.29) is 5.91 Å². The zero-order chi connectivity index (χ0) is 14.5. The van der Waals surface area contributed by atoms with Gasteiger partial charge in [-0.3, -0.25) is 4.79 Å². The van der Waals surface area contributed by atoms with Crippen LogP contribution in [0.5, 0.6) is 0 Å². The Morgan fingerprint density at radius 1 is 1.25 bits per heavy atom. The molecule has 1 heterocycles. The topological polar surface area (TPSA) is 42.0 Å². The van der Waals surface area contributed by atoms with Crippen molar-refractivity contribution in [2.45, 2.75) is 6.42 Å². The molecule has 1 aromatic heterocycles. The van der Waals surface area contributed by atoms with Crippen LogP contribution in [0, 0.1) is 0 Å². The summed E-state index contributed by atoms with van der Waals surface area (Å²) in [6.07, 6.45) is 2.23. The fourth-order valence-electron chi connectivity index (χ4n) is 1.68. The molecule has 0 unspecified atom stereocenters. The lowest BCUT2D eigenvalue weighted by atomic mass is 10.1. The first-order chi connectivity index (χ1) is 9.56. The first-order valence-electron chi connectivity index (χ1n) is 5.90. The van der Waals surface area contributed by atoms with Gasteiger partial charge in [0.1, 0.15) is 4.60 Å². The highest BCUT2D eigenvalue weighted by Crippen LogP contribution is 2.21. The third kappa shape index (κ3) is 4.20. The Kier molecular flexibility index (Phi) is 5.40. The Morgan fingerprint density at radius 2 is 2.05 bits per heavy atom. The lowest BCUT2D eigenvalue weighted by molar-refractivity contribution is 0.0954. The number of carbonyl (C=O) groups is 1. The summed E-state index contributed by atoms with van der Waals surface area (Å²) in [7, 11) is 0. The van der Waals surface area contributed by atoms with Gasteiger partial charge in [-0.1, -0.05) is 29.3 Å². The van der Waals surface area contributed by atoms with Crippen LogP contribution in [0.15, 0.2) is 41.1 Å². The summed E-state index contributed by atoms with van der Waals surface area (Å²) in [5.74, 6) is -0.141. The maximum absolute atomic E-state index is 11.9. The van der Waals surface area contributed by atoms with Crippen LogP contribution < -0.4 is 5.32 Å². The number of nitrogens with one attached hydrogen (secondary N) is 1. The van der Waals surface area contributed by atoms with Crippen LogP contribution in [-0.2, 0) is 6.42 Å². The molecular formula is C14H11BrCl2N2O. The first-order valence-corrected chi connectivity index (χ1v) is 7.45. The summed E-state index contributed by atoms with van der Waals surface area (Å²) >= 11 is 15.1. The van der Waals surface area contributed by atoms with Crippen molar-refractivity contribution in [3.63, 3.8) is 0 Å². The van der Waals surface area contributed by atoms with Crippen LogP contribution in [0.25, 0.3) is 0 Å². The van der Waals surface area contributed by atoms with E-state index in [1.165, 1.54) is 0 Å². The standard InChI is InChI=1S/C14H11BrCl2N2O/c15-13-7-10(4-5-18-13)14(20)19-6-3-9-1-2-11(16)8-12(9)17/h1-2,4-5,7-8H,3,6H2,(H,19,20). The number of hydrogen-bond donors (Lipinski definition) is 1. The third-order valence-corrected chi connectivity index (χ3v) is 3.70. The van der Waals surface area contributed by atoms with E-state index >= 15 is 0 Å². The van der Waals surface area contributed by atoms with E-state index in [0.29, 0.717) is 33.2 Å². The zero-order valence-electron chi connectivity index (χ0n) is 10.4. The van der Waals surface area contributed by atoms with Gasteiger partial charge in [-0.2, -0.15) is 0 Å². The van der Waals surface area contributed by atoms with E-state index in [0.717, 1.165) is 5.56 Å². The molecule has 3 nitrogen and oxygen atoms in total. The minimum absolute atomic E-state index is 0.141. The van der Waals surface area contributed by atoms with E-state index in [1.807, 2.05) is 6.07 Å². The molecule has 0 saturated heterocycles. The van der Waals surface area contributed by atoms with E-state index in [2.05, 4.69) is 26.2 Å². The molecule has 1 N–H and O–H groups in total. The monoisotopic (exact) mass is 372 g/mol. The van der Waals surface area contributed by atoms with Gasteiger partial charge in [0, 0.05) is 28.4 Å². The van der Waals surface area contributed by atoms with Gasteiger partial charge in [0.05, 0.1) is 0 Å². The predicted octanol–water partition coefficient (Wildman–Crippen LogP) is 4.12. The number of amides is 1. The van der Waals surface area contributed by atoms with E-state index in [1.54, 1.807) is 30.5 Å². The van der Waals surface area contributed by atoms with Crippen LogP contribution in [0.2, 0.25) is 10.0 Å². The smallest absolute Gasteiger partial charge is 0.251 e. The number of benzene rings is 1. The summed E-state index contributed by atoms with van der Waals surface area (Å²) in [6.45, 7) is 0.500. The first kappa shape index (κ1) is 15.3. The molecule has 0 fully saturated rings. The number of halogens is 3. The highest BCUT2D eigenvalue weighted by molar-refractivity contribution is 9.10. The zero-order valence-corrected chi connectivity index (χ0v) is 13.5. The molecule has 1 amide bonds. The Hall–Kier alpha value is -1.10. The van der Waals surface area contributed by atoms with Crippen molar-refractivity contribution in [1.29, 1.82) is 0 Å². The predicted molar refractivity (Wildman–Crippen MR) is 84.4 cm³/mol. The Bertz CT molecular complexity index is 634. The van der Waals surface area contributed by atoms with Gasteiger partial charge in [-0.25, -0.2) is 4.98 Å². The Labute approximate surface area is 135 Å². The van der Waals surface area contributed by atoms with Crippen LogP contribution in [0.4, 0.5) is 0 Å². The lowest BCUT2D eigenvalue weighted by Gasteiger charge is -2.07. The van der Waals surface area contributed by atoms with Gasteiger partial charge in [0.2, 0.25) is 0 Å². The molecule has 20 heavy (non-hydrogen) atoms. The van der Waals surface area contributed by atoms with Crippen molar-refractivity contribution in [2.24, 2.45) is 0 Å². The minimum atomic E-state index is -0.141. The van der Waals surface area contributed by atoms with Crippen molar-refractivity contribution in [1.82, 2.24) is 10.3 Å². The van der Waals surface area contributed by atoms with Crippen molar-refractivity contribution >= 4 is 45.0 Å². The van der Waals surface area contributed by atoms with E-state index < -0.39 is 0 Å². The molecule has 104 valence electrons. The SMILES string of the molecule is O=C(NCCc1ccc(Cl)cc1Cl)c1ccnc(Br)c1. The summed E-state index contributed by atoms with van der Waals surface area (Å²) in [6, 6.07) is 8.67. The molecule has 2 aromatic rings. The van der Waals surface area contributed by atoms with Gasteiger partial charge in [0.25, 0.3) is 5.91 Å². The summed E-state index contributed by atoms with van der Waals surface area (Å²) in [5, 5.41) is 4.05. The fourth-order valence-corrected chi connectivity index (χ4v) is 2.55. The Morgan fingerprint density at radius 3 is 2.75 bits per heavy atom. The molecule has 0 radical (unpaired) electrons. The minimum Gasteiger partial charge on any atom is -0.352 e. The summed E-state index contributed by atoms with van der Waals surface area (Å²) < 4.78 is 0.630.